The molecule has 0 aliphatic rings. The summed E-state index contributed by atoms with van der Waals surface area (Å²) in [5.41, 5.74) is 2.91. The molecular weight excluding hydrogens is 372 g/mol. The quantitative estimate of drug-likeness (QED) is 0.498. The third-order valence-corrected chi connectivity index (χ3v) is 4.81. The zero-order valence-electron chi connectivity index (χ0n) is 16.1. The number of anilines is 1. The van der Waals surface area contributed by atoms with Crippen molar-refractivity contribution in [3.8, 4) is 22.8 Å². The Morgan fingerprint density at radius 3 is 2.68 bits per heavy atom. The van der Waals surface area contributed by atoms with Crippen molar-refractivity contribution in [1.82, 2.24) is 4.98 Å². The smallest absolute Gasteiger partial charge is 0.226 e. The Balaban J connectivity index is 1.48. The van der Waals surface area contributed by atoms with Gasteiger partial charge in [0.2, 0.25) is 5.91 Å². The van der Waals surface area contributed by atoms with E-state index in [9.17, 15) is 4.79 Å². The fraction of sp³-hybridized carbons (Fsp3) is 0.273. The fourth-order valence-electron chi connectivity index (χ4n) is 2.65. The number of aromatic nitrogens is 1. The zero-order chi connectivity index (χ0) is 19.8. The largest absolute Gasteiger partial charge is 0.494 e. The highest BCUT2D eigenvalue weighted by Crippen LogP contribution is 2.32. The molecule has 1 N–H and O–H groups in total. The molecule has 0 saturated carbocycles. The molecule has 1 aromatic heterocycles. The van der Waals surface area contributed by atoms with Crippen molar-refractivity contribution in [3.05, 3.63) is 59.5 Å². The lowest BCUT2D eigenvalue weighted by Crippen LogP contribution is -2.12. The highest BCUT2D eigenvalue weighted by molar-refractivity contribution is 7.14. The molecule has 6 heteroatoms. The maximum atomic E-state index is 12.2. The molecule has 1 amide bonds. The third-order valence-electron chi connectivity index (χ3n) is 4.05. The summed E-state index contributed by atoms with van der Waals surface area (Å²) < 4.78 is 11.3. The highest BCUT2D eigenvalue weighted by Gasteiger charge is 2.11. The number of aryl methyl sites for hydroxylation is 1. The van der Waals surface area contributed by atoms with E-state index in [1.807, 2.05) is 67.8 Å². The van der Waals surface area contributed by atoms with Gasteiger partial charge < -0.3 is 14.8 Å². The van der Waals surface area contributed by atoms with E-state index in [0.717, 1.165) is 22.8 Å². The molecule has 0 aliphatic heterocycles. The Morgan fingerprint density at radius 2 is 1.89 bits per heavy atom. The van der Waals surface area contributed by atoms with Crippen molar-refractivity contribution in [2.75, 3.05) is 18.5 Å². The lowest BCUT2D eigenvalue weighted by Gasteiger charge is -2.07. The van der Waals surface area contributed by atoms with E-state index in [4.69, 9.17) is 9.47 Å². The summed E-state index contributed by atoms with van der Waals surface area (Å²) in [5, 5.41) is 5.38. The number of para-hydroxylation sites is 1. The van der Waals surface area contributed by atoms with E-state index < -0.39 is 0 Å². The average Bonchev–Trinajstić information content (AvgIpc) is 3.15. The first kappa shape index (κ1) is 19.9. The Hall–Kier alpha value is -2.86. The normalized spacial score (nSPS) is 10.5. The minimum absolute atomic E-state index is 0.0634. The van der Waals surface area contributed by atoms with E-state index in [-0.39, 0.29) is 5.91 Å². The van der Waals surface area contributed by atoms with Gasteiger partial charge in [0, 0.05) is 17.4 Å². The minimum Gasteiger partial charge on any atom is -0.494 e. The van der Waals surface area contributed by atoms with Crippen LogP contribution in [0.2, 0.25) is 0 Å². The van der Waals surface area contributed by atoms with Crippen molar-refractivity contribution in [2.24, 2.45) is 0 Å². The summed E-state index contributed by atoms with van der Waals surface area (Å²) in [6.07, 6.45) is 1.03. The van der Waals surface area contributed by atoms with Crippen LogP contribution in [0.3, 0.4) is 0 Å². The van der Waals surface area contributed by atoms with Crippen LogP contribution in [0.4, 0.5) is 5.13 Å². The lowest BCUT2D eigenvalue weighted by atomic mass is 10.1. The molecule has 0 spiro atoms. The van der Waals surface area contributed by atoms with Gasteiger partial charge in [-0.3, -0.25) is 4.79 Å². The van der Waals surface area contributed by atoms with Crippen LogP contribution in [0.15, 0.2) is 53.9 Å². The molecular formula is C22H24N2O3S. The number of hydrogen-bond acceptors (Lipinski definition) is 5. The molecule has 146 valence electrons. The summed E-state index contributed by atoms with van der Waals surface area (Å²) in [6.45, 7) is 5.08. The van der Waals surface area contributed by atoms with E-state index in [1.54, 1.807) is 0 Å². The van der Waals surface area contributed by atoms with Crippen LogP contribution < -0.4 is 14.8 Å². The standard InChI is InChI=1S/C22H24N2O3S/c1-3-26-20-8-5-4-7-18(20)19-15-28-22(23-19)24-21(25)9-6-14-27-17-12-10-16(2)11-13-17/h4-5,7-8,10-13,15H,3,6,9,14H2,1-2H3,(H,23,24,25). The lowest BCUT2D eigenvalue weighted by molar-refractivity contribution is -0.116. The molecule has 3 aromatic rings. The van der Waals surface area contributed by atoms with Crippen molar-refractivity contribution in [3.63, 3.8) is 0 Å². The van der Waals surface area contributed by atoms with Gasteiger partial charge in [0.25, 0.3) is 0 Å². The van der Waals surface area contributed by atoms with Gasteiger partial charge in [-0.05, 0) is 44.5 Å². The van der Waals surface area contributed by atoms with Crippen molar-refractivity contribution in [1.29, 1.82) is 0 Å². The predicted molar refractivity (Wildman–Crippen MR) is 113 cm³/mol. The number of ether oxygens (including phenoxy) is 2. The number of benzene rings is 2. The second-order valence-corrected chi connectivity index (χ2v) is 7.14. The Kier molecular flexibility index (Phi) is 7.03. The van der Waals surface area contributed by atoms with Crippen molar-refractivity contribution in [2.45, 2.75) is 26.7 Å². The van der Waals surface area contributed by atoms with Gasteiger partial charge in [-0.1, -0.05) is 29.8 Å². The Labute approximate surface area is 169 Å². The second-order valence-electron chi connectivity index (χ2n) is 6.28. The van der Waals surface area contributed by atoms with Gasteiger partial charge in [0.1, 0.15) is 11.5 Å². The number of thiazole rings is 1. The highest BCUT2D eigenvalue weighted by atomic mass is 32.1. The molecule has 0 unspecified atom stereocenters. The molecule has 3 rings (SSSR count). The molecule has 0 atom stereocenters. The zero-order valence-corrected chi connectivity index (χ0v) is 16.9. The number of hydrogen-bond donors (Lipinski definition) is 1. The van der Waals surface area contributed by atoms with Crippen molar-refractivity contribution >= 4 is 22.4 Å². The van der Waals surface area contributed by atoms with Gasteiger partial charge >= 0.3 is 0 Å². The van der Waals surface area contributed by atoms with Gasteiger partial charge in [0.15, 0.2) is 5.13 Å². The van der Waals surface area contributed by atoms with Crippen LogP contribution in [0.25, 0.3) is 11.3 Å². The molecule has 0 bridgehead atoms. The van der Waals surface area contributed by atoms with Gasteiger partial charge in [-0.2, -0.15) is 0 Å². The maximum Gasteiger partial charge on any atom is 0.226 e. The number of carbonyl (C=O) groups is 1. The Bertz CT molecular complexity index is 906. The van der Waals surface area contributed by atoms with Crippen LogP contribution in [0.5, 0.6) is 11.5 Å². The van der Waals surface area contributed by atoms with E-state index in [0.29, 0.717) is 31.2 Å². The van der Waals surface area contributed by atoms with E-state index in [2.05, 4.69) is 10.3 Å². The SMILES string of the molecule is CCOc1ccccc1-c1csc(NC(=O)CCCOc2ccc(C)cc2)n1. The van der Waals surface area contributed by atoms with Crippen LogP contribution >= 0.6 is 11.3 Å². The summed E-state index contributed by atoms with van der Waals surface area (Å²) in [4.78, 5) is 16.7. The minimum atomic E-state index is -0.0634. The van der Waals surface area contributed by atoms with Gasteiger partial charge in [-0.15, -0.1) is 11.3 Å². The average molecular weight is 397 g/mol. The molecule has 5 nitrogen and oxygen atoms in total. The van der Waals surface area contributed by atoms with Gasteiger partial charge in [-0.25, -0.2) is 4.98 Å². The number of nitrogens with one attached hydrogen (secondary N) is 1. The molecule has 1 heterocycles. The first-order valence-electron chi connectivity index (χ1n) is 9.32. The van der Waals surface area contributed by atoms with E-state index >= 15 is 0 Å². The monoisotopic (exact) mass is 396 g/mol. The fourth-order valence-corrected chi connectivity index (χ4v) is 3.38. The van der Waals surface area contributed by atoms with Crippen LogP contribution in [0.1, 0.15) is 25.3 Å². The molecule has 0 saturated heterocycles. The molecule has 0 aliphatic carbocycles. The molecule has 2 aromatic carbocycles. The maximum absolute atomic E-state index is 12.2. The number of amides is 1. The summed E-state index contributed by atoms with van der Waals surface area (Å²) in [7, 11) is 0. The molecule has 0 radical (unpaired) electrons. The van der Waals surface area contributed by atoms with Crippen molar-refractivity contribution < 1.29 is 14.3 Å². The number of carbonyl (C=O) groups excluding carboxylic acids is 1. The van der Waals surface area contributed by atoms with Gasteiger partial charge in [0.05, 0.1) is 18.9 Å². The first-order chi connectivity index (χ1) is 13.7. The second kappa shape index (κ2) is 9.90. The number of rotatable bonds is 9. The van der Waals surface area contributed by atoms with Crippen LogP contribution in [0, 0.1) is 6.92 Å². The molecule has 28 heavy (non-hydrogen) atoms. The first-order valence-corrected chi connectivity index (χ1v) is 10.2. The van der Waals surface area contributed by atoms with Crippen LogP contribution in [-0.2, 0) is 4.79 Å². The van der Waals surface area contributed by atoms with Crippen LogP contribution in [-0.4, -0.2) is 24.1 Å². The summed E-state index contributed by atoms with van der Waals surface area (Å²) in [6, 6.07) is 15.7. The predicted octanol–water partition coefficient (Wildman–Crippen LogP) is 5.31. The Morgan fingerprint density at radius 1 is 1.11 bits per heavy atom. The van der Waals surface area contributed by atoms with E-state index in [1.165, 1.54) is 16.9 Å². The molecule has 0 fully saturated rings. The number of nitrogens with zero attached hydrogens (tertiary/aromatic N) is 1. The summed E-state index contributed by atoms with van der Waals surface area (Å²) >= 11 is 1.41. The summed E-state index contributed by atoms with van der Waals surface area (Å²) in [5.74, 6) is 1.55. The topological polar surface area (TPSA) is 60.5 Å². The third kappa shape index (κ3) is 5.57.